The standard InChI is InChI=1S/C12H21NO5/c1-9(14)5-6-12(17)18-10(7-11(15)16)8-13(2,3)4/h10H,5-8H2,1-4H3/p+1. The van der Waals surface area contributed by atoms with Crippen LogP contribution in [0, 0.1) is 0 Å². The van der Waals surface area contributed by atoms with Gasteiger partial charge in [-0.25, -0.2) is 0 Å². The average molecular weight is 260 g/mol. The lowest BCUT2D eigenvalue weighted by atomic mass is 10.2. The number of hydrogen-bond acceptors (Lipinski definition) is 4. The highest BCUT2D eigenvalue weighted by molar-refractivity contribution is 5.81. The summed E-state index contributed by atoms with van der Waals surface area (Å²) in [5.74, 6) is -1.62. The first-order chi connectivity index (χ1) is 8.10. The number of hydrogen-bond donors (Lipinski definition) is 1. The Balaban J connectivity index is 4.35. The molecule has 1 atom stereocenters. The van der Waals surface area contributed by atoms with E-state index < -0.39 is 18.0 Å². The first-order valence-electron chi connectivity index (χ1n) is 5.81. The minimum atomic E-state index is -1.01. The highest BCUT2D eigenvalue weighted by Gasteiger charge is 2.24. The molecule has 0 bridgehead atoms. The lowest BCUT2D eigenvalue weighted by molar-refractivity contribution is -0.873. The van der Waals surface area contributed by atoms with Gasteiger partial charge in [0.2, 0.25) is 0 Å². The summed E-state index contributed by atoms with van der Waals surface area (Å²) < 4.78 is 5.60. The SMILES string of the molecule is CC(=O)CCC(=O)OC(CC(=O)O)C[N+](C)(C)C. The van der Waals surface area contributed by atoms with Crippen molar-refractivity contribution in [3.8, 4) is 0 Å². The second kappa shape index (κ2) is 7.10. The Morgan fingerprint density at radius 2 is 1.72 bits per heavy atom. The molecule has 0 saturated heterocycles. The van der Waals surface area contributed by atoms with Crippen LogP contribution in [0.5, 0.6) is 0 Å². The molecule has 1 N–H and O–H groups in total. The quantitative estimate of drug-likeness (QED) is 0.506. The Hall–Kier alpha value is -1.43. The number of rotatable bonds is 8. The van der Waals surface area contributed by atoms with E-state index in [0.29, 0.717) is 11.0 Å². The molecule has 0 fully saturated rings. The van der Waals surface area contributed by atoms with Crippen molar-refractivity contribution in [1.29, 1.82) is 0 Å². The Morgan fingerprint density at radius 1 is 1.17 bits per heavy atom. The van der Waals surface area contributed by atoms with Gasteiger partial charge in [0.25, 0.3) is 0 Å². The molecule has 104 valence electrons. The van der Waals surface area contributed by atoms with Crippen LogP contribution in [0.4, 0.5) is 0 Å². The van der Waals surface area contributed by atoms with Crippen LogP contribution in [-0.4, -0.2) is 61.1 Å². The van der Waals surface area contributed by atoms with Crippen LogP contribution in [0.2, 0.25) is 0 Å². The van der Waals surface area contributed by atoms with Gasteiger partial charge in [-0.1, -0.05) is 0 Å². The molecular formula is C12H22NO5+. The van der Waals surface area contributed by atoms with E-state index in [1.165, 1.54) is 6.92 Å². The van der Waals surface area contributed by atoms with E-state index in [1.54, 1.807) is 0 Å². The number of carbonyl (C=O) groups is 3. The number of carboxylic acids is 1. The fourth-order valence-electron chi connectivity index (χ4n) is 1.47. The fraction of sp³-hybridized carbons (Fsp3) is 0.750. The van der Waals surface area contributed by atoms with Gasteiger partial charge in [-0.15, -0.1) is 0 Å². The predicted octanol–water partition coefficient (Wildman–Crippen LogP) is 0.448. The number of nitrogens with zero attached hydrogens (tertiary/aromatic N) is 1. The maximum absolute atomic E-state index is 11.5. The number of ketones is 1. The van der Waals surface area contributed by atoms with Crippen molar-refractivity contribution < 1.29 is 28.7 Å². The smallest absolute Gasteiger partial charge is 0.307 e. The molecule has 0 rings (SSSR count). The summed E-state index contributed by atoms with van der Waals surface area (Å²) in [6.45, 7) is 1.81. The molecule has 0 amide bonds. The van der Waals surface area contributed by atoms with Crippen LogP contribution < -0.4 is 0 Å². The van der Waals surface area contributed by atoms with Crippen molar-refractivity contribution in [2.24, 2.45) is 0 Å². The molecule has 0 spiro atoms. The van der Waals surface area contributed by atoms with Gasteiger partial charge in [0.05, 0.1) is 34.0 Å². The third-order valence-corrected chi connectivity index (χ3v) is 2.13. The highest BCUT2D eigenvalue weighted by atomic mass is 16.5. The molecule has 6 nitrogen and oxygen atoms in total. The van der Waals surface area contributed by atoms with E-state index in [4.69, 9.17) is 9.84 Å². The second-order valence-corrected chi connectivity index (χ2v) is 5.38. The lowest BCUT2D eigenvalue weighted by Gasteiger charge is -2.28. The summed E-state index contributed by atoms with van der Waals surface area (Å²) in [5.41, 5.74) is 0. The Labute approximate surface area is 107 Å². The number of Topliss-reactive ketones (excluding diaryl/α,β-unsaturated/α-hetero) is 1. The normalized spacial score (nSPS) is 12.9. The molecular weight excluding hydrogens is 238 g/mol. The maximum atomic E-state index is 11.5. The highest BCUT2D eigenvalue weighted by Crippen LogP contribution is 2.07. The number of carboxylic acid groups (broad SMARTS) is 1. The third kappa shape index (κ3) is 9.77. The van der Waals surface area contributed by atoms with E-state index in [2.05, 4.69) is 0 Å². The fourth-order valence-corrected chi connectivity index (χ4v) is 1.47. The molecule has 0 aromatic rings. The van der Waals surface area contributed by atoms with Crippen LogP contribution in [-0.2, 0) is 19.1 Å². The summed E-state index contributed by atoms with van der Waals surface area (Å²) in [7, 11) is 5.66. The van der Waals surface area contributed by atoms with Crippen molar-refractivity contribution in [2.45, 2.75) is 32.3 Å². The third-order valence-electron chi connectivity index (χ3n) is 2.13. The molecule has 0 aliphatic rings. The number of esters is 1. The first-order valence-corrected chi connectivity index (χ1v) is 5.81. The van der Waals surface area contributed by atoms with Crippen LogP contribution in [0.3, 0.4) is 0 Å². The van der Waals surface area contributed by atoms with Crippen molar-refractivity contribution in [2.75, 3.05) is 27.7 Å². The van der Waals surface area contributed by atoms with Gasteiger partial charge >= 0.3 is 11.9 Å². The summed E-state index contributed by atoms with van der Waals surface area (Å²) in [6.07, 6.45) is -0.755. The Morgan fingerprint density at radius 3 is 2.11 bits per heavy atom. The van der Waals surface area contributed by atoms with E-state index in [1.807, 2.05) is 21.1 Å². The van der Waals surface area contributed by atoms with Gasteiger partial charge in [-0.05, 0) is 6.92 Å². The minimum Gasteiger partial charge on any atom is -0.481 e. The summed E-state index contributed by atoms with van der Waals surface area (Å²) in [4.78, 5) is 32.9. The van der Waals surface area contributed by atoms with Gasteiger partial charge in [0, 0.05) is 6.42 Å². The molecule has 6 heteroatoms. The molecule has 0 aromatic carbocycles. The molecule has 0 aliphatic carbocycles. The van der Waals surface area contributed by atoms with E-state index >= 15 is 0 Å². The summed E-state index contributed by atoms with van der Waals surface area (Å²) in [6, 6.07) is 0. The topological polar surface area (TPSA) is 80.7 Å². The van der Waals surface area contributed by atoms with Crippen LogP contribution in [0.15, 0.2) is 0 Å². The Kier molecular flexibility index (Phi) is 6.54. The molecule has 0 aliphatic heterocycles. The zero-order chi connectivity index (χ0) is 14.3. The zero-order valence-corrected chi connectivity index (χ0v) is 11.4. The number of carbonyl (C=O) groups excluding carboxylic acids is 2. The van der Waals surface area contributed by atoms with Gasteiger partial charge in [0.15, 0.2) is 6.10 Å². The van der Waals surface area contributed by atoms with Crippen molar-refractivity contribution >= 4 is 17.7 Å². The van der Waals surface area contributed by atoms with Gasteiger partial charge < -0.3 is 19.1 Å². The number of aliphatic carboxylic acids is 1. The number of ether oxygens (including phenoxy) is 1. The van der Waals surface area contributed by atoms with Crippen molar-refractivity contribution in [1.82, 2.24) is 0 Å². The molecule has 0 saturated carbocycles. The molecule has 1 unspecified atom stereocenters. The average Bonchev–Trinajstić information content (AvgIpc) is 2.10. The van der Waals surface area contributed by atoms with E-state index in [-0.39, 0.29) is 25.0 Å². The van der Waals surface area contributed by atoms with Crippen LogP contribution >= 0.6 is 0 Å². The number of quaternary nitrogens is 1. The second-order valence-electron chi connectivity index (χ2n) is 5.38. The maximum Gasteiger partial charge on any atom is 0.307 e. The minimum absolute atomic E-state index is 0.00257. The first kappa shape index (κ1) is 16.6. The molecule has 0 radical (unpaired) electrons. The lowest BCUT2D eigenvalue weighted by Crippen LogP contribution is -2.43. The van der Waals surface area contributed by atoms with E-state index in [9.17, 15) is 14.4 Å². The van der Waals surface area contributed by atoms with Gasteiger partial charge in [-0.3, -0.25) is 9.59 Å². The van der Waals surface area contributed by atoms with Crippen molar-refractivity contribution in [3.63, 3.8) is 0 Å². The van der Waals surface area contributed by atoms with E-state index in [0.717, 1.165) is 0 Å². The zero-order valence-electron chi connectivity index (χ0n) is 11.4. The predicted molar refractivity (Wildman–Crippen MR) is 64.9 cm³/mol. The molecule has 0 heterocycles. The van der Waals surface area contributed by atoms with Crippen molar-refractivity contribution in [3.05, 3.63) is 0 Å². The largest absolute Gasteiger partial charge is 0.481 e. The Bertz CT molecular complexity index is 319. The van der Waals surface area contributed by atoms with Gasteiger partial charge in [-0.2, -0.15) is 0 Å². The molecule has 18 heavy (non-hydrogen) atoms. The summed E-state index contributed by atoms with van der Waals surface area (Å²) >= 11 is 0. The number of likely N-dealkylation sites (N-methyl/N-ethyl adjacent to an activating group) is 1. The summed E-state index contributed by atoms with van der Waals surface area (Å²) in [5, 5.41) is 8.76. The van der Waals surface area contributed by atoms with Crippen LogP contribution in [0.1, 0.15) is 26.2 Å². The monoisotopic (exact) mass is 260 g/mol. The van der Waals surface area contributed by atoms with Gasteiger partial charge in [0.1, 0.15) is 12.3 Å². The molecule has 0 aromatic heterocycles. The van der Waals surface area contributed by atoms with Crippen LogP contribution in [0.25, 0.3) is 0 Å².